The fourth-order valence-electron chi connectivity index (χ4n) is 1.85. The van der Waals surface area contributed by atoms with Gasteiger partial charge in [-0.3, -0.25) is 4.98 Å². The Balaban J connectivity index is 1.68. The molecule has 5 heteroatoms. The number of rotatable bonds is 3. The molecule has 0 saturated carbocycles. The molecule has 1 saturated heterocycles. The third-order valence-electron chi connectivity index (χ3n) is 2.85. The van der Waals surface area contributed by atoms with Gasteiger partial charge in [-0.15, -0.1) is 0 Å². The summed E-state index contributed by atoms with van der Waals surface area (Å²) in [6, 6.07) is 4.29. The van der Waals surface area contributed by atoms with Crippen molar-refractivity contribution in [1.82, 2.24) is 15.2 Å². The predicted molar refractivity (Wildman–Crippen MR) is 72.7 cm³/mol. The van der Waals surface area contributed by atoms with Crippen LogP contribution in [0.15, 0.2) is 24.5 Å². The highest BCUT2D eigenvalue weighted by molar-refractivity contribution is 5.69. The smallest absolute Gasteiger partial charge is 0.410 e. The van der Waals surface area contributed by atoms with E-state index in [2.05, 4.69) is 10.3 Å². The lowest BCUT2D eigenvalue weighted by Crippen LogP contribution is -2.60. The van der Waals surface area contributed by atoms with Crippen molar-refractivity contribution in [2.75, 3.05) is 13.1 Å². The number of amides is 1. The highest BCUT2D eigenvalue weighted by Crippen LogP contribution is 2.15. The van der Waals surface area contributed by atoms with Crippen molar-refractivity contribution in [2.24, 2.45) is 0 Å². The average Bonchev–Trinajstić information content (AvgIpc) is 2.25. The Kier molecular flexibility index (Phi) is 4.04. The van der Waals surface area contributed by atoms with Crippen LogP contribution in [-0.4, -0.2) is 40.7 Å². The van der Waals surface area contributed by atoms with Crippen LogP contribution in [0.25, 0.3) is 0 Å². The normalized spacial score (nSPS) is 16.1. The monoisotopic (exact) mass is 263 g/mol. The Bertz CT molecular complexity index is 422. The molecule has 1 aromatic heterocycles. The van der Waals surface area contributed by atoms with Crippen LogP contribution in [0.4, 0.5) is 4.79 Å². The summed E-state index contributed by atoms with van der Waals surface area (Å²) in [5.41, 5.74) is 0.726. The molecule has 1 aliphatic rings. The quantitative estimate of drug-likeness (QED) is 0.903. The molecule has 0 spiro atoms. The lowest BCUT2D eigenvalue weighted by Gasteiger charge is -2.40. The van der Waals surface area contributed by atoms with Crippen molar-refractivity contribution in [3.63, 3.8) is 0 Å². The molecule has 19 heavy (non-hydrogen) atoms. The van der Waals surface area contributed by atoms with E-state index in [1.165, 1.54) is 0 Å². The van der Waals surface area contributed by atoms with Crippen molar-refractivity contribution < 1.29 is 9.53 Å². The van der Waals surface area contributed by atoms with Crippen molar-refractivity contribution in [3.8, 4) is 0 Å². The minimum atomic E-state index is -0.425. The van der Waals surface area contributed by atoms with E-state index in [-0.39, 0.29) is 6.09 Å². The van der Waals surface area contributed by atoms with Crippen molar-refractivity contribution in [1.29, 1.82) is 0 Å². The second-order valence-corrected chi connectivity index (χ2v) is 5.82. The topological polar surface area (TPSA) is 54.5 Å². The minimum Gasteiger partial charge on any atom is -0.444 e. The second kappa shape index (κ2) is 5.57. The van der Waals surface area contributed by atoms with Gasteiger partial charge in [0, 0.05) is 38.1 Å². The van der Waals surface area contributed by atoms with Gasteiger partial charge in [0.25, 0.3) is 0 Å². The predicted octanol–water partition coefficient (Wildman–Crippen LogP) is 1.79. The second-order valence-electron chi connectivity index (χ2n) is 5.82. The van der Waals surface area contributed by atoms with E-state index in [1.807, 2.05) is 39.1 Å². The Labute approximate surface area is 114 Å². The number of nitrogens with zero attached hydrogens (tertiary/aromatic N) is 2. The Morgan fingerprint density at radius 3 is 2.84 bits per heavy atom. The Morgan fingerprint density at radius 2 is 2.26 bits per heavy atom. The summed E-state index contributed by atoms with van der Waals surface area (Å²) < 4.78 is 5.30. The number of carbonyl (C=O) groups excluding carboxylic acids is 1. The first kappa shape index (κ1) is 13.8. The summed E-state index contributed by atoms with van der Waals surface area (Å²) in [6.45, 7) is 7.82. The number of carbonyl (C=O) groups is 1. The largest absolute Gasteiger partial charge is 0.444 e. The number of hydrogen-bond acceptors (Lipinski definition) is 4. The van der Waals surface area contributed by atoms with E-state index in [1.54, 1.807) is 11.1 Å². The molecule has 0 unspecified atom stereocenters. The molecule has 2 heterocycles. The van der Waals surface area contributed by atoms with Gasteiger partial charge in [-0.1, -0.05) is 6.07 Å². The van der Waals surface area contributed by atoms with Gasteiger partial charge in [0.05, 0.1) is 0 Å². The third-order valence-corrected chi connectivity index (χ3v) is 2.85. The van der Waals surface area contributed by atoms with Crippen LogP contribution in [0.3, 0.4) is 0 Å². The van der Waals surface area contributed by atoms with Crippen molar-refractivity contribution in [3.05, 3.63) is 30.1 Å². The number of aromatic nitrogens is 1. The van der Waals surface area contributed by atoms with Crippen molar-refractivity contribution in [2.45, 2.75) is 39.0 Å². The van der Waals surface area contributed by atoms with Crippen LogP contribution in [-0.2, 0) is 11.3 Å². The maximum Gasteiger partial charge on any atom is 0.410 e. The number of ether oxygens (including phenoxy) is 1. The van der Waals surface area contributed by atoms with Gasteiger partial charge in [-0.25, -0.2) is 4.79 Å². The van der Waals surface area contributed by atoms with E-state index in [0.29, 0.717) is 19.1 Å². The van der Waals surface area contributed by atoms with Gasteiger partial charge < -0.3 is 15.0 Å². The van der Waals surface area contributed by atoms with E-state index < -0.39 is 5.60 Å². The summed E-state index contributed by atoms with van der Waals surface area (Å²) in [4.78, 5) is 17.5. The van der Waals surface area contributed by atoms with Crippen LogP contribution >= 0.6 is 0 Å². The highest BCUT2D eigenvalue weighted by Gasteiger charge is 2.33. The van der Waals surface area contributed by atoms with E-state index in [4.69, 9.17) is 4.74 Å². The maximum absolute atomic E-state index is 11.7. The Hall–Kier alpha value is -1.62. The van der Waals surface area contributed by atoms with E-state index >= 15 is 0 Å². The molecule has 0 bridgehead atoms. The molecule has 0 radical (unpaired) electrons. The van der Waals surface area contributed by atoms with E-state index in [0.717, 1.165) is 12.1 Å². The average molecular weight is 263 g/mol. The zero-order valence-electron chi connectivity index (χ0n) is 11.7. The number of hydrogen-bond donors (Lipinski definition) is 1. The zero-order chi connectivity index (χ0) is 13.9. The molecule has 2 rings (SSSR count). The molecule has 1 amide bonds. The molecule has 1 N–H and O–H groups in total. The summed E-state index contributed by atoms with van der Waals surface area (Å²) in [6.07, 6.45) is 3.38. The van der Waals surface area contributed by atoms with Crippen LogP contribution in [0.5, 0.6) is 0 Å². The molecule has 1 aromatic rings. The fraction of sp³-hybridized carbons (Fsp3) is 0.571. The Morgan fingerprint density at radius 1 is 1.53 bits per heavy atom. The van der Waals surface area contributed by atoms with Crippen molar-refractivity contribution >= 4 is 6.09 Å². The van der Waals surface area contributed by atoms with Crippen LogP contribution in [0.2, 0.25) is 0 Å². The van der Waals surface area contributed by atoms with Gasteiger partial charge in [-0.05, 0) is 32.4 Å². The first-order valence-corrected chi connectivity index (χ1v) is 6.54. The summed E-state index contributed by atoms with van der Waals surface area (Å²) in [7, 11) is 0. The van der Waals surface area contributed by atoms with Gasteiger partial charge >= 0.3 is 6.09 Å². The standard InChI is InChI=1S/C14H21N3O2/c1-14(2,3)19-13(18)17-9-12(10-17)16-8-11-5-4-6-15-7-11/h4-7,12,16H,8-10H2,1-3H3. The highest BCUT2D eigenvalue weighted by atomic mass is 16.6. The molecule has 1 fully saturated rings. The van der Waals surface area contributed by atoms with Gasteiger partial charge in [0.1, 0.15) is 5.60 Å². The third kappa shape index (κ3) is 4.21. The summed E-state index contributed by atoms with van der Waals surface area (Å²) >= 11 is 0. The lowest BCUT2D eigenvalue weighted by molar-refractivity contribution is 0.00518. The number of nitrogens with one attached hydrogen (secondary N) is 1. The molecular weight excluding hydrogens is 242 g/mol. The maximum atomic E-state index is 11.7. The van der Waals surface area contributed by atoms with Crippen LogP contribution < -0.4 is 5.32 Å². The van der Waals surface area contributed by atoms with E-state index in [9.17, 15) is 4.79 Å². The van der Waals surface area contributed by atoms with Gasteiger partial charge in [0.15, 0.2) is 0 Å². The SMILES string of the molecule is CC(C)(C)OC(=O)N1CC(NCc2cccnc2)C1. The molecule has 104 valence electrons. The van der Waals surface area contributed by atoms with Crippen LogP contribution in [0.1, 0.15) is 26.3 Å². The lowest BCUT2D eigenvalue weighted by atomic mass is 10.1. The molecular formula is C14H21N3O2. The fourth-order valence-corrected chi connectivity index (χ4v) is 1.85. The molecule has 0 aliphatic carbocycles. The first-order chi connectivity index (χ1) is 8.94. The molecule has 0 atom stereocenters. The first-order valence-electron chi connectivity index (χ1n) is 6.54. The zero-order valence-corrected chi connectivity index (χ0v) is 11.7. The summed E-state index contributed by atoms with van der Waals surface area (Å²) in [5, 5.41) is 3.39. The molecule has 0 aromatic carbocycles. The van der Waals surface area contributed by atoms with Gasteiger partial charge in [-0.2, -0.15) is 0 Å². The number of pyridine rings is 1. The van der Waals surface area contributed by atoms with Gasteiger partial charge in [0.2, 0.25) is 0 Å². The molecule has 5 nitrogen and oxygen atoms in total. The number of likely N-dealkylation sites (tertiary alicyclic amines) is 1. The molecule has 1 aliphatic heterocycles. The minimum absolute atomic E-state index is 0.230. The summed E-state index contributed by atoms with van der Waals surface area (Å²) in [5.74, 6) is 0. The van der Waals surface area contributed by atoms with Crippen LogP contribution in [0, 0.1) is 0 Å².